The molecular weight excluding hydrogens is 342 g/mol. The van der Waals surface area contributed by atoms with Crippen LogP contribution in [0.25, 0.3) is 11.1 Å². The number of rotatable bonds is 4. The van der Waals surface area contributed by atoms with E-state index in [0.717, 1.165) is 41.8 Å². The van der Waals surface area contributed by atoms with Crippen LogP contribution in [0.4, 0.5) is 5.82 Å². The molecule has 1 fully saturated rings. The number of hydrogen-bond donors (Lipinski definition) is 1. The van der Waals surface area contributed by atoms with Crippen LogP contribution < -0.4 is 10.2 Å². The fourth-order valence-electron chi connectivity index (χ4n) is 3.61. The number of piperidine rings is 1. The molecule has 0 aliphatic carbocycles. The van der Waals surface area contributed by atoms with Gasteiger partial charge in [0.1, 0.15) is 17.0 Å². The molecule has 1 aliphatic rings. The zero-order valence-electron chi connectivity index (χ0n) is 15.6. The number of carbonyl (C=O) groups is 1. The number of amides is 1. The van der Waals surface area contributed by atoms with Crippen molar-refractivity contribution < 1.29 is 9.32 Å². The maximum absolute atomic E-state index is 12.7. The Balaban J connectivity index is 1.50. The lowest BCUT2D eigenvalue weighted by Crippen LogP contribution is -2.43. The average molecular weight is 365 g/mol. The molecule has 27 heavy (non-hydrogen) atoms. The average Bonchev–Trinajstić information content (AvgIpc) is 3.07. The van der Waals surface area contributed by atoms with Crippen LogP contribution in [-0.2, 0) is 11.3 Å². The van der Waals surface area contributed by atoms with Gasteiger partial charge in [0, 0.05) is 19.6 Å². The molecule has 1 aromatic carbocycles. The van der Waals surface area contributed by atoms with Gasteiger partial charge in [0.2, 0.25) is 5.91 Å². The maximum Gasteiger partial charge on any atom is 0.263 e. The molecule has 0 unspecified atom stereocenters. The van der Waals surface area contributed by atoms with Gasteiger partial charge in [-0.15, -0.1) is 0 Å². The van der Waals surface area contributed by atoms with E-state index >= 15 is 0 Å². The molecule has 140 valence electrons. The molecule has 1 saturated heterocycles. The second kappa shape index (κ2) is 7.34. The highest BCUT2D eigenvalue weighted by molar-refractivity contribution is 5.88. The van der Waals surface area contributed by atoms with Gasteiger partial charge in [-0.1, -0.05) is 35.5 Å². The second-order valence-corrected chi connectivity index (χ2v) is 7.03. The Hall–Kier alpha value is -2.96. The van der Waals surface area contributed by atoms with Crippen molar-refractivity contribution in [1.82, 2.24) is 20.4 Å². The summed E-state index contributed by atoms with van der Waals surface area (Å²) in [5, 5.41) is 7.93. The summed E-state index contributed by atoms with van der Waals surface area (Å²) < 4.78 is 5.32. The minimum Gasteiger partial charge on any atom is -0.355 e. The van der Waals surface area contributed by atoms with Crippen molar-refractivity contribution in [3.8, 4) is 0 Å². The van der Waals surface area contributed by atoms with Crippen molar-refractivity contribution in [3.05, 3.63) is 47.4 Å². The van der Waals surface area contributed by atoms with Crippen molar-refractivity contribution in [2.24, 2.45) is 5.92 Å². The van der Waals surface area contributed by atoms with Crippen LogP contribution in [0.15, 0.2) is 34.9 Å². The summed E-state index contributed by atoms with van der Waals surface area (Å²) in [7, 11) is 0. The Morgan fingerprint density at radius 3 is 2.89 bits per heavy atom. The van der Waals surface area contributed by atoms with E-state index in [1.165, 1.54) is 0 Å². The van der Waals surface area contributed by atoms with Gasteiger partial charge in [-0.2, -0.15) is 4.98 Å². The van der Waals surface area contributed by atoms with Gasteiger partial charge in [0.05, 0.1) is 11.6 Å². The smallest absolute Gasteiger partial charge is 0.263 e. The summed E-state index contributed by atoms with van der Waals surface area (Å²) in [6.45, 7) is 5.78. The fraction of sp³-hybridized carbons (Fsp3) is 0.400. The monoisotopic (exact) mass is 365 g/mol. The standard InChI is InChI=1S/C20H23N5O2/c1-13-17-18(22-14(2)23-20(17)27-24-13)25-10-6-9-16(12-25)19(26)21-11-15-7-4-3-5-8-15/h3-5,7-8,16H,6,9-12H2,1-2H3,(H,21,26)/t16-/m1/s1. The van der Waals surface area contributed by atoms with E-state index in [2.05, 4.69) is 25.3 Å². The van der Waals surface area contributed by atoms with Gasteiger partial charge in [-0.3, -0.25) is 4.79 Å². The predicted molar refractivity (Wildman–Crippen MR) is 102 cm³/mol. The summed E-state index contributed by atoms with van der Waals surface area (Å²) >= 11 is 0. The van der Waals surface area contributed by atoms with Gasteiger partial charge in [-0.05, 0) is 32.3 Å². The molecule has 1 aliphatic heterocycles. The van der Waals surface area contributed by atoms with Crippen LogP contribution in [0.2, 0.25) is 0 Å². The van der Waals surface area contributed by atoms with Crippen LogP contribution >= 0.6 is 0 Å². The normalized spacial score (nSPS) is 17.3. The molecule has 0 saturated carbocycles. The first kappa shape index (κ1) is 17.5. The first-order valence-corrected chi connectivity index (χ1v) is 9.29. The molecule has 1 N–H and O–H groups in total. The number of nitrogens with one attached hydrogen (secondary N) is 1. The molecule has 1 amide bonds. The molecular formula is C20H23N5O2. The number of anilines is 1. The van der Waals surface area contributed by atoms with Crippen molar-refractivity contribution in [1.29, 1.82) is 0 Å². The molecule has 0 spiro atoms. The highest BCUT2D eigenvalue weighted by Gasteiger charge is 2.28. The first-order valence-electron chi connectivity index (χ1n) is 9.29. The molecule has 3 aromatic rings. The molecule has 3 heterocycles. The number of benzene rings is 1. The zero-order chi connectivity index (χ0) is 18.8. The largest absolute Gasteiger partial charge is 0.355 e. The van der Waals surface area contributed by atoms with E-state index in [-0.39, 0.29) is 11.8 Å². The van der Waals surface area contributed by atoms with Crippen molar-refractivity contribution >= 4 is 22.8 Å². The van der Waals surface area contributed by atoms with E-state index in [4.69, 9.17) is 4.52 Å². The van der Waals surface area contributed by atoms with Gasteiger partial charge in [-0.25, -0.2) is 4.98 Å². The van der Waals surface area contributed by atoms with E-state index in [1.54, 1.807) is 0 Å². The molecule has 0 bridgehead atoms. The molecule has 0 radical (unpaired) electrons. The van der Waals surface area contributed by atoms with E-state index in [1.807, 2.05) is 44.2 Å². The third kappa shape index (κ3) is 3.63. The number of aryl methyl sites for hydroxylation is 2. The number of nitrogens with zero attached hydrogens (tertiary/aromatic N) is 4. The summed E-state index contributed by atoms with van der Waals surface area (Å²) in [6.07, 6.45) is 1.82. The summed E-state index contributed by atoms with van der Waals surface area (Å²) in [5.74, 6) is 1.49. The molecule has 4 rings (SSSR count). The van der Waals surface area contributed by atoms with E-state index < -0.39 is 0 Å². The number of carbonyl (C=O) groups excluding carboxylic acids is 1. The lowest BCUT2D eigenvalue weighted by atomic mass is 9.96. The van der Waals surface area contributed by atoms with E-state index in [0.29, 0.717) is 24.6 Å². The zero-order valence-corrected chi connectivity index (χ0v) is 15.6. The SMILES string of the molecule is Cc1nc(N2CCC[C@@H](C(=O)NCc3ccccc3)C2)c2c(C)noc2n1. The summed E-state index contributed by atoms with van der Waals surface area (Å²) in [6, 6.07) is 9.97. The van der Waals surface area contributed by atoms with Gasteiger partial charge in [0.15, 0.2) is 0 Å². The minimum absolute atomic E-state index is 0.0621. The first-order chi connectivity index (χ1) is 13.1. The Kier molecular flexibility index (Phi) is 4.75. The highest BCUT2D eigenvalue weighted by Crippen LogP contribution is 2.30. The van der Waals surface area contributed by atoms with Crippen molar-refractivity contribution in [2.75, 3.05) is 18.0 Å². The maximum atomic E-state index is 12.7. The Labute approximate surface area is 157 Å². The highest BCUT2D eigenvalue weighted by atomic mass is 16.5. The topological polar surface area (TPSA) is 84.2 Å². The number of aromatic nitrogens is 3. The van der Waals surface area contributed by atoms with Crippen LogP contribution in [0.5, 0.6) is 0 Å². The van der Waals surface area contributed by atoms with Crippen molar-refractivity contribution in [2.45, 2.75) is 33.2 Å². The summed E-state index contributed by atoms with van der Waals surface area (Å²) in [4.78, 5) is 23.8. The van der Waals surface area contributed by atoms with Gasteiger partial charge >= 0.3 is 0 Å². The Bertz CT molecular complexity index is 954. The molecule has 7 heteroatoms. The quantitative estimate of drug-likeness (QED) is 0.765. The van der Waals surface area contributed by atoms with Crippen LogP contribution in [0, 0.1) is 19.8 Å². The van der Waals surface area contributed by atoms with Crippen LogP contribution in [0.3, 0.4) is 0 Å². The lowest BCUT2D eigenvalue weighted by Gasteiger charge is -2.33. The predicted octanol–water partition coefficient (Wildman–Crippen LogP) is 2.77. The van der Waals surface area contributed by atoms with E-state index in [9.17, 15) is 4.79 Å². The summed E-state index contributed by atoms with van der Waals surface area (Å²) in [5.41, 5.74) is 2.38. The number of fused-ring (bicyclic) bond motifs is 1. The third-order valence-electron chi connectivity index (χ3n) is 5.00. The Morgan fingerprint density at radius 2 is 2.07 bits per heavy atom. The molecule has 1 atom stereocenters. The van der Waals surface area contributed by atoms with Crippen LogP contribution in [-0.4, -0.2) is 34.1 Å². The van der Waals surface area contributed by atoms with Gasteiger partial charge in [0.25, 0.3) is 5.71 Å². The second-order valence-electron chi connectivity index (χ2n) is 7.03. The number of hydrogen-bond acceptors (Lipinski definition) is 6. The Morgan fingerprint density at radius 1 is 1.26 bits per heavy atom. The molecule has 7 nitrogen and oxygen atoms in total. The van der Waals surface area contributed by atoms with Crippen LogP contribution in [0.1, 0.15) is 29.9 Å². The van der Waals surface area contributed by atoms with Gasteiger partial charge < -0.3 is 14.7 Å². The molecule has 2 aromatic heterocycles. The third-order valence-corrected chi connectivity index (χ3v) is 5.00. The van der Waals surface area contributed by atoms with Crippen molar-refractivity contribution in [3.63, 3.8) is 0 Å². The lowest BCUT2D eigenvalue weighted by molar-refractivity contribution is -0.125. The minimum atomic E-state index is -0.0621. The fourth-order valence-corrected chi connectivity index (χ4v) is 3.61.